The zero-order chi connectivity index (χ0) is 35.0. The molecule has 0 heterocycles. The Hall–Kier alpha value is -3.63. The van der Waals surface area contributed by atoms with E-state index in [1.54, 1.807) is 0 Å². The molecule has 1 N–H and O–H groups in total. The number of rotatable bonds is 17. The third-order valence-corrected chi connectivity index (χ3v) is 12.1. The Kier molecular flexibility index (Phi) is 12.9. The average molecular weight is 676 g/mol. The lowest BCUT2D eigenvalue weighted by atomic mass is 9.64. The monoisotopic (exact) mass is 675 g/mol. The van der Waals surface area contributed by atoms with Crippen LogP contribution in [0.4, 0.5) is 11.4 Å². The molecular weight excluding hydrogens is 623 g/mol. The Bertz CT molecular complexity index is 1590. The van der Waals surface area contributed by atoms with Gasteiger partial charge in [0, 0.05) is 18.7 Å². The Labute approximate surface area is 287 Å². The number of non-ortho nitro benzene ring substituents is 2. The SMILES string of the molecule is CCO[SiH2]C(C)CCCCCCCCC(C)(C)C1CCc2ccc3cc(C)c(C)cc3c2C1NC(=O)c1cc([N+](=O)[O-])cc([N+](=O)[O-])c1. The molecule has 3 aromatic carbocycles. The third kappa shape index (κ3) is 9.28. The van der Waals surface area contributed by atoms with Gasteiger partial charge in [0.15, 0.2) is 9.76 Å². The molecule has 48 heavy (non-hydrogen) atoms. The number of nitrogens with one attached hydrogen (secondary N) is 1. The zero-order valence-electron chi connectivity index (χ0n) is 29.6. The molecule has 0 radical (unpaired) electrons. The van der Waals surface area contributed by atoms with Gasteiger partial charge in [-0.2, -0.15) is 0 Å². The minimum absolute atomic E-state index is 0.0820. The standard InChI is InChI=1S/C38H53N3O6Si/c1-7-47-48-27(4)14-12-10-8-9-11-13-19-38(5,6)34-18-17-28-15-16-29-20-25(2)26(3)21-33(29)35(28)36(34)39-37(42)30-22-31(40(43)44)24-32(23-30)41(45)46/h15-16,20-24,27,34,36H,7-14,17-19,48H2,1-6H3,(H,39,42). The van der Waals surface area contributed by atoms with Crippen molar-refractivity contribution in [3.05, 3.63) is 90.5 Å². The van der Waals surface area contributed by atoms with Crippen molar-refractivity contribution < 1.29 is 19.1 Å². The number of nitrogens with zero attached hydrogens (tertiary/aromatic N) is 2. The highest BCUT2D eigenvalue weighted by molar-refractivity contribution is 6.29. The van der Waals surface area contributed by atoms with Gasteiger partial charge in [0.05, 0.1) is 27.5 Å². The van der Waals surface area contributed by atoms with E-state index in [0.29, 0.717) is 0 Å². The molecular formula is C38H53N3O6Si. The Morgan fingerprint density at radius 1 is 0.958 bits per heavy atom. The van der Waals surface area contributed by atoms with E-state index in [9.17, 15) is 25.0 Å². The number of aryl methyl sites for hydroxylation is 3. The van der Waals surface area contributed by atoms with Gasteiger partial charge in [-0.05, 0) is 89.9 Å². The van der Waals surface area contributed by atoms with Crippen LogP contribution in [0.2, 0.25) is 5.54 Å². The number of hydrogen-bond acceptors (Lipinski definition) is 6. The summed E-state index contributed by atoms with van der Waals surface area (Å²) in [5, 5.41) is 28.7. The molecule has 0 bridgehead atoms. The van der Waals surface area contributed by atoms with E-state index in [4.69, 9.17) is 4.43 Å². The van der Waals surface area contributed by atoms with Crippen LogP contribution in [0, 0.1) is 45.4 Å². The molecule has 0 saturated carbocycles. The fourth-order valence-electron chi connectivity index (χ4n) is 7.47. The number of carbonyl (C=O) groups is 1. The molecule has 3 unspecified atom stereocenters. The third-order valence-electron chi connectivity index (χ3n) is 10.5. The van der Waals surface area contributed by atoms with Crippen LogP contribution in [0.15, 0.2) is 42.5 Å². The van der Waals surface area contributed by atoms with Gasteiger partial charge in [-0.3, -0.25) is 25.0 Å². The van der Waals surface area contributed by atoms with Crippen LogP contribution >= 0.6 is 0 Å². The number of nitro benzene ring substituents is 2. The first-order chi connectivity index (χ1) is 22.8. The number of fused-ring (bicyclic) bond motifs is 3. The van der Waals surface area contributed by atoms with Crippen LogP contribution in [0.25, 0.3) is 10.8 Å². The highest BCUT2D eigenvalue weighted by atomic mass is 28.2. The quantitative estimate of drug-likeness (QED) is 0.0658. The van der Waals surface area contributed by atoms with Crippen LogP contribution in [0.1, 0.15) is 124 Å². The van der Waals surface area contributed by atoms with E-state index in [1.807, 2.05) is 0 Å². The summed E-state index contributed by atoms with van der Waals surface area (Å²) in [4.78, 5) is 35.7. The minimum atomic E-state index is -0.700. The van der Waals surface area contributed by atoms with E-state index in [1.165, 1.54) is 55.2 Å². The molecule has 1 amide bonds. The second-order valence-electron chi connectivity index (χ2n) is 14.6. The number of amides is 1. The first-order valence-electron chi connectivity index (χ1n) is 17.7. The maximum atomic E-state index is 13.9. The highest BCUT2D eigenvalue weighted by Crippen LogP contribution is 2.49. The Morgan fingerprint density at radius 2 is 1.58 bits per heavy atom. The molecule has 0 fully saturated rings. The summed E-state index contributed by atoms with van der Waals surface area (Å²) >= 11 is 0. The van der Waals surface area contributed by atoms with Gasteiger partial charge in [-0.15, -0.1) is 0 Å². The Balaban J connectivity index is 1.56. The maximum Gasteiger partial charge on any atom is 0.277 e. The lowest BCUT2D eigenvalue weighted by Gasteiger charge is -2.44. The highest BCUT2D eigenvalue weighted by Gasteiger charge is 2.41. The summed E-state index contributed by atoms with van der Waals surface area (Å²) < 4.78 is 5.68. The summed E-state index contributed by atoms with van der Waals surface area (Å²) in [5.41, 5.74) is 4.25. The molecule has 1 aliphatic rings. The van der Waals surface area contributed by atoms with E-state index in [0.717, 1.165) is 72.4 Å². The predicted molar refractivity (Wildman–Crippen MR) is 196 cm³/mol. The molecule has 10 heteroatoms. The summed E-state index contributed by atoms with van der Waals surface area (Å²) in [5.74, 6) is -0.439. The van der Waals surface area contributed by atoms with Crippen molar-refractivity contribution >= 4 is 37.8 Å². The maximum absolute atomic E-state index is 13.9. The van der Waals surface area contributed by atoms with Crippen LogP contribution in [0.3, 0.4) is 0 Å². The van der Waals surface area contributed by atoms with Crippen molar-refractivity contribution in [2.45, 2.75) is 117 Å². The number of nitro groups is 2. The largest absolute Gasteiger partial charge is 0.424 e. The average Bonchev–Trinajstić information content (AvgIpc) is 3.05. The van der Waals surface area contributed by atoms with E-state index < -0.39 is 27.1 Å². The first kappa shape index (κ1) is 37.2. The first-order valence-corrected chi connectivity index (χ1v) is 19.1. The van der Waals surface area contributed by atoms with Crippen molar-refractivity contribution in [3.63, 3.8) is 0 Å². The van der Waals surface area contributed by atoms with Gasteiger partial charge >= 0.3 is 0 Å². The summed E-state index contributed by atoms with van der Waals surface area (Å²) in [7, 11) is -0.390. The number of carbonyl (C=O) groups excluding carboxylic acids is 1. The molecule has 0 aliphatic heterocycles. The number of hydrogen-bond donors (Lipinski definition) is 1. The van der Waals surface area contributed by atoms with Gasteiger partial charge in [0.2, 0.25) is 0 Å². The Morgan fingerprint density at radius 3 is 2.23 bits per heavy atom. The molecule has 0 saturated heterocycles. The van der Waals surface area contributed by atoms with Crippen molar-refractivity contribution in [3.8, 4) is 0 Å². The minimum Gasteiger partial charge on any atom is -0.424 e. The van der Waals surface area contributed by atoms with E-state index in [-0.39, 0.29) is 32.7 Å². The molecule has 3 aromatic rings. The van der Waals surface area contributed by atoms with Gasteiger partial charge in [0.1, 0.15) is 0 Å². The van der Waals surface area contributed by atoms with Gasteiger partial charge in [-0.25, -0.2) is 0 Å². The number of benzene rings is 3. The molecule has 0 aromatic heterocycles. The summed E-state index contributed by atoms with van der Waals surface area (Å²) in [6.45, 7) is 14.0. The smallest absolute Gasteiger partial charge is 0.277 e. The van der Waals surface area contributed by atoms with E-state index in [2.05, 4.69) is 71.1 Å². The molecule has 1 aliphatic carbocycles. The van der Waals surface area contributed by atoms with Gasteiger partial charge in [-0.1, -0.05) is 90.0 Å². The molecule has 4 rings (SSSR count). The van der Waals surface area contributed by atoms with Gasteiger partial charge in [0.25, 0.3) is 17.3 Å². The van der Waals surface area contributed by atoms with Crippen LogP contribution in [0.5, 0.6) is 0 Å². The topological polar surface area (TPSA) is 125 Å². The van der Waals surface area contributed by atoms with Crippen LogP contribution in [-0.2, 0) is 10.8 Å². The second kappa shape index (κ2) is 16.7. The molecule has 0 spiro atoms. The fourth-order valence-corrected chi connectivity index (χ4v) is 8.56. The van der Waals surface area contributed by atoms with Crippen molar-refractivity contribution in [1.29, 1.82) is 0 Å². The van der Waals surface area contributed by atoms with Crippen molar-refractivity contribution in [2.75, 3.05) is 6.61 Å². The van der Waals surface area contributed by atoms with Crippen LogP contribution < -0.4 is 5.32 Å². The fraction of sp³-hybridized carbons (Fsp3) is 0.553. The lowest BCUT2D eigenvalue weighted by molar-refractivity contribution is -0.394. The zero-order valence-corrected chi connectivity index (χ0v) is 31.0. The van der Waals surface area contributed by atoms with Crippen molar-refractivity contribution in [1.82, 2.24) is 5.32 Å². The summed E-state index contributed by atoms with van der Waals surface area (Å²) in [6.07, 6.45) is 11.4. The molecule has 9 nitrogen and oxygen atoms in total. The number of unbranched alkanes of at least 4 members (excludes halogenated alkanes) is 5. The summed E-state index contributed by atoms with van der Waals surface area (Å²) in [6, 6.07) is 11.5. The van der Waals surface area contributed by atoms with Crippen LogP contribution in [-0.4, -0.2) is 32.1 Å². The van der Waals surface area contributed by atoms with Crippen molar-refractivity contribution in [2.24, 2.45) is 11.3 Å². The van der Waals surface area contributed by atoms with Gasteiger partial charge < -0.3 is 9.74 Å². The van der Waals surface area contributed by atoms with E-state index >= 15 is 0 Å². The molecule has 260 valence electrons. The second-order valence-corrected chi connectivity index (χ2v) is 16.7. The predicted octanol–water partition coefficient (Wildman–Crippen LogP) is 9.38. The lowest BCUT2D eigenvalue weighted by Crippen LogP contribution is -2.42. The molecule has 3 atom stereocenters. The normalized spacial score (nSPS) is 17.0.